The van der Waals surface area contributed by atoms with E-state index < -0.39 is 0 Å². The van der Waals surface area contributed by atoms with Crippen LogP contribution in [0, 0.1) is 5.92 Å². The van der Waals surface area contributed by atoms with Gasteiger partial charge in [-0.1, -0.05) is 6.92 Å². The highest BCUT2D eigenvalue weighted by Gasteiger charge is 2.47. The molecule has 4 nitrogen and oxygen atoms in total. The number of fused-ring (bicyclic) bond motifs is 1. The normalized spacial score (nSPS) is 35.3. The Bertz CT molecular complexity index is 193. The average Bonchev–Trinajstić information content (AvgIpc) is 2.71. The Morgan fingerprint density at radius 2 is 2.46 bits per heavy atom. The van der Waals surface area contributed by atoms with Crippen molar-refractivity contribution in [1.82, 2.24) is 16.0 Å². The Labute approximate surface area is 78.5 Å². The molecule has 0 aromatic heterocycles. The minimum absolute atomic E-state index is 0.00903. The zero-order chi connectivity index (χ0) is 9.26. The lowest BCUT2D eigenvalue weighted by atomic mass is 9.80. The molecule has 3 aliphatic rings. The van der Waals surface area contributed by atoms with E-state index in [0.717, 1.165) is 19.5 Å². The van der Waals surface area contributed by atoms with Crippen LogP contribution in [0.5, 0.6) is 0 Å². The molecule has 0 aromatic rings. The first kappa shape index (κ1) is 8.81. The maximum atomic E-state index is 11.3. The minimum Gasteiger partial charge on any atom is -0.338 e. The molecular formula is C9H17N3O. The Balaban J connectivity index is 1.70. The molecule has 74 valence electrons. The first-order valence-electron chi connectivity index (χ1n) is 5.09. The first-order valence-corrected chi connectivity index (χ1v) is 5.09. The SMILES string of the molecule is CCCNC(=O)NC1C2CNC1C2. The summed E-state index contributed by atoms with van der Waals surface area (Å²) < 4.78 is 0. The Morgan fingerprint density at radius 1 is 1.62 bits per heavy atom. The lowest BCUT2D eigenvalue weighted by Crippen LogP contribution is -2.56. The molecule has 3 rings (SSSR count). The minimum atomic E-state index is -0.00903. The van der Waals surface area contributed by atoms with E-state index in [2.05, 4.69) is 22.9 Å². The van der Waals surface area contributed by atoms with Crippen molar-refractivity contribution < 1.29 is 4.79 Å². The molecule has 3 unspecified atom stereocenters. The highest BCUT2D eigenvalue weighted by molar-refractivity contribution is 5.74. The van der Waals surface area contributed by atoms with Crippen LogP contribution < -0.4 is 16.0 Å². The molecule has 2 heterocycles. The highest BCUT2D eigenvalue weighted by Crippen LogP contribution is 2.33. The second kappa shape index (κ2) is 3.54. The van der Waals surface area contributed by atoms with Gasteiger partial charge in [0.1, 0.15) is 0 Å². The molecule has 4 heteroatoms. The molecule has 0 aromatic carbocycles. The predicted octanol–water partition coefficient (Wildman–Crippen LogP) is 0.0559. The maximum Gasteiger partial charge on any atom is 0.315 e. The van der Waals surface area contributed by atoms with Crippen LogP contribution in [0.25, 0.3) is 0 Å². The smallest absolute Gasteiger partial charge is 0.315 e. The zero-order valence-corrected chi connectivity index (χ0v) is 7.97. The van der Waals surface area contributed by atoms with Crippen molar-refractivity contribution in [3.63, 3.8) is 0 Å². The standard InChI is InChI=1S/C9H17N3O/c1-2-3-10-9(13)12-8-6-4-7(8)11-5-6/h6-8,11H,2-5H2,1H3,(H2,10,12,13). The monoisotopic (exact) mass is 183 g/mol. The van der Waals surface area contributed by atoms with Gasteiger partial charge in [0.2, 0.25) is 0 Å². The topological polar surface area (TPSA) is 53.2 Å². The van der Waals surface area contributed by atoms with Crippen molar-refractivity contribution in [2.75, 3.05) is 13.1 Å². The molecule has 2 aliphatic heterocycles. The van der Waals surface area contributed by atoms with Crippen LogP contribution in [0.2, 0.25) is 0 Å². The van der Waals surface area contributed by atoms with Crippen molar-refractivity contribution >= 4 is 6.03 Å². The number of rotatable bonds is 3. The van der Waals surface area contributed by atoms with Gasteiger partial charge in [-0.15, -0.1) is 0 Å². The number of urea groups is 1. The molecule has 1 saturated carbocycles. The van der Waals surface area contributed by atoms with Crippen molar-refractivity contribution in [1.29, 1.82) is 0 Å². The van der Waals surface area contributed by atoms with E-state index in [9.17, 15) is 4.79 Å². The second-order valence-electron chi connectivity index (χ2n) is 3.94. The van der Waals surface area contributed by atoms with Crippen LogP contribution in [0.3, 0.4) is 0 Å². The third kappa shape index (κ3) is 1.63. The number of hydrogen-bond donors (Lipinski definition) is 3. The fraction of sp³-hybridized carbons (Fsp3) is 0.889. The molecule has 3 N–H and O–H groups in total. The summed E-state index contributed by atoms with van der Waals surface area (Å²) in [5.74, 6) is 0.678. The van der Waals surface area contributed by atoms with E-state index in [-0.39, 0.29) is 6.03 Å². The molecule has 13 heavy (non-hydrogen) atoms. The number of nitrogens with one attached hydrogen (secondary N) is 3. The van der Waals surface area contributed by atoms with Gasteiger partial charge in [0, 0.05) is 25.2 Å². The summed E-state index contributed by atoms with van der Waals surface area (Å²) in [6.07, 6.45) is 2.22. The Hall–Kier alpha value is -0.770. The van der Waals surface area contributed by atoms with Crippen molar-refractivity contribution in [2.45, 2.75) is 31.8 Å². The highest BCUT2D eigenvalue weighted by atomic mass is 16.2. The van der Waals surface area contributed by atoms with Gasteiger partial charge >= 0.3 is 6.03 Å². The quantitative estimate of drug-likeness (QED) is 0.579. The molecule has 2 bridgehead atoms. The van der Waals surface area contributed by atoms with Crippen LogP contribution in [-0.4, -0.2) is 31.2 Å². The second-order valence-corrected chi connectivity index (χ2v) is 3.94. The number of hydrogen-bond acceptors (Lipinski definition) is 2. The summed E-state index contributed by atoms with van der Waals surface area (Å²) in [4.78, 5) is 11.3. The summed E-state index contributed by atoms with van der Waals surface area (Å²) in [5, 5.41) is 9.19. The van der Waals surface area contributed by atoms with Crippen LogP contribution in [0.4, 0.5) is 4.79 Å². The summed E-state index contributed by atoms with van der Waals surface area (Å²) in [7, 11) is 0. The van der Waals surface area contributed by atoms with Gasteiger partial charge in [-0.2, -0.15) is 0 Å². The van der Waals surface area contributed by atoms with E-state index in [4.69, 9.17) is 0 Å². The average molecular weight is 183 g/mol. The van der Waals surface area contributed by atoms with E-state index in [0.29, 0.717) is 18.0 Å². The third-order valence-corrected chi connectivity index (χ3v) is 2.97. The summed E-state index contributed by atoms with van der Waals surface area (Å²) in [6, 6.07) is 0.916. The fourth-order valence-electron chi connectivity index (χ4n) is 2.13. The van der Waals surface area contributed by atoms with Gasteiger partial charge in [-0.25, -0.2) is 4.79 Å². The lowest BCUT2D eigenvalue weighted by molar-refractivity contribution is 0.211. The first-order chi connectivity index (χ1) is 6.31. The van der Waals surface area contributed by atoms with Gasteiger partial charge in [0.15, 0.2) is 0 Å². The summed E-state index contributed by atoms with van der Waals surface area (Å²) in [6.45, 7) is 3.89. The molecule has 2 amide bonds. The number of amides is 2. The zero-order valence-electron chi connectivity index (χ0n) is 7.97. The van der Waals surface area contributed by atoms with E-state index in [1.54, 1.807) is 0 Å². The maximum absolute atomic E-state index is 11.3. The summed E-state index contributed by atoms with van der Waals surface area (Å²) in [5.41, 5.74) is 0. The Morgan fingerprint density at radius 3 is 3.00 bits per heavy atom. The van der Waals surface area contributed by atoms with Crippen molar-refractivity contribution in [2.24, 2.45) is 5.92 Å². The third-order valence-electron chi connectivity index (χ3n) is 2.97. The van der Waals surface area contributed by atoms with Crippen LogP contribution in [-0.2, 0) is 0 Å². The van der Waals surface area contributed by atoms with Gasteiger partial charge in [0.05, 0.1) is 0 Å². The molecular weight excluding hydrogens is 166 g/mol. The number of carbonyl (C=O) groups excluding carboxylic acids is 1. The summed E-state index contributed by atoms with van der Waals surface area (Å²) >= 11 is 0. The van der Waals surface area contributed by atoms with Crippen molar-refractivity contribution in [3.8, 4) is 0 Å². The molecule has 0 radical (unpaired) electrons. The molecule has 1 aliphatic carbocycles. The van der Waals surface area contributed by atoms with Crippen LogP contribution >= 0.6 is 0 Å². The largest absolute Gasteiger partial charge is 0.338 e. The lowest BCUT2D eigenvalue weighted by Gasteiger charge is -2.34. The van der Waals surface area contributed by atoms with Gasteiger partial charge in [0.25, 0.3) is 0 Å². The van der Waals surface area contributed by atoms with Crippen LogP contribution in [0.15, 0.2) is 0 Å². The van der Waals surface area contributed by atoms with Crippen LogP contribution in [0.1, 0.15) is 19.8 Å². The fourth-order valence-corrected chi connectivity index (χ4v) is 2.13. The van der Waals surface area contributed by atoms with E-state index >= 15 is 0 Å². The molecule has 0 spiro atoms. The van der Waals surface area contributed by atoms with Gasteiger partial charge in [-0.3, -0.25) is 0 Å². The van der Waals surface area contributed by atoms with Gasteiger partial charge in [-0.05, 0) is 18.8 Å². The predicted molar refractivity (Wildman–Crippen MR) is 50.5 cm³/mol. The number of carbonyl (C=O) groups is 1. The molecule has 3 fully saturated rings. The van der Waals surface area contributed by atoms with Crippen molar-refractivity contribution in [3.05, 3.63) is 0 Å². The van der Waals surface area contributed by atoms with E-state index in [1.165, 1.54) is 6.42 Å². The Kier molecular flexibility index (Phi) is 2.40. The van der Waals surface area contributed by atoms with E-state index in [1.807, 2.05) is 0 Å². The molecule has 2 saturated heterocycles. The van der Waals surface area contributed by atoms with Gasteiger partial charge < -0.3 is 16.0 Å². The molecule has 3 atom stereocenters.